The minimum atomic E-state index is -4.18. The molecular weight excluding hydrogens is 547 g/mol. The van der Waals surface area contributed by atoms with Crippen LogP contribution in [0.4, 0.5) is 0 Å². The zero-order valence-corrected chi connectivity index (χ0v) is 24.4. The Hall–Kier alpha value is -2.38. The minimum absolute atomic E-state index is 0.00561. The van der Waals surface area contributed by atoms with Crippen LogP contribution in [0.3, 0.4) is 0 Å². The number of carbonyl (C=O) groups excluding carboxylic acids is 1. The molecule has 0 aliphatic rings. The number of aromatic nitrogens is 1. The van der Waals surface area contributed by atoms with Gasteiger partial charge in [-0.15, -0.1) is 11.3 Å². The van der Waals surface area contributed by atoms with E-state index in [0.29, 0.717) is 5.52 Å². The summed E-state index contributed by atoms with van der Waals surface area (Å²) < 4.78 is 53.4. The molecule has 1 aromatic heterocycles. The highest BCUT2D eigenvalue weighted by Crippen LogP contribution is 2.32. The Balaban J connectivity index is 1.94. The van der Waals surface area contributed by atoms with Gasteiger partial charge in [0.2, 0.25) is 15.9 Å². The summed E-state index contributed by atoms with van der Waals surface area (Å²) in [5.74, 6) is -0.600. The van der Waals surface area contributed by atoms with Crippen LogP contribution in [0.1, 0.15) is 39.2 Å². The molecule has 2 aromatic carbocycles. The Bertz CT molecular complexity index is 1460. The fraction of sp³-hybridized carbons (Fsp3) is 0.462. The Morgan fingerprint density at radius 3 is 2.42 bits per heavy atom. The van der Waals surface area contributed by atoms with Crippen molar-refractivity contribution in [2.45, 2.75) is 55.9 Å². The second kappa shape index (κ2) is 12.2. The van der Waals surface area contributed by atoms with Crippen molar-refractivity contribution in [3.8, 4) is 0 Å². The molecule has 38 heavy (non-hydrogen) atoms. The van der Waals surface area contributed by atoms with Gasteiger partial charge in [-0.05, 0) is 36.6 Å². The SMILES string of the molecule is CC(C)CN(C(O)(CCNC(=O)CC(C)S(C)(=O)=O)Cc1ccccc1)S(=O)(=O)c1ccc2scnc2c1. The zero-order chi connectivity index (χ0) is 28.1. The summed E-state index contributed by atoms with van der Waals surface area (Å²) in [6.07, 6.45) is 0.735. The molecule has 208 valence electrons. The maximum Gasteiger partial charge on any atom is 0.245 e. The average molecular weight is 582 g/mol. The molecule has 0 saturated carbocycles. The van der Waals surface area contributed by atoms with Crippen LogP contribution in [0.25, 0.3) is 10.2 Å². The number of hydrogen-bond acceptors (Lipinski definition) is 8. The quantitative estimate of drug-likeness (QED) is 0.296. The molecule has 0 spiro atoms. The van der Waals surface area contributed by atoms with Crippen molar-refractivity contribution in [3.63, 3.8) is 0 Å². The molecule has 0 radical (unpaired) electrons. The smallest absolute Gasteiger partial charge is 0.245 e. The number of amides is 1. The van der Waals surface area contributed by atoms with Gasteiger partial charge in [0.15, 0.2) is 9.84 Å². The van der Waals surface area contributed by atoms with E-state index < -0.39 is 36.7 Å². The van der Waals surface area contributed by atoms with Crippen molar-refractivity contribution in [1.29, 1.82) is 0 Å². The number of aliphatic hydroxyl groups is 1. The summed E-state index contributed by atoms with van der Waals surface area (Å²) in [6.45, 7) is 5.18. The van der Waals surface area contributed by atoms with E-state index in [2.05, 4.69) is 10.3 Å². The molecule has 0 fully saturated rings. The summed E-state index contributed by atoms with van der Waals surface area (Å²) in [6, 6.07) is 13.8. The van der Waals surface area contributed by atoms with E-state index >= 15 is 0 Å². The first-order chi connectivity index (χ1) is 17.7. The zero-order valence-electron chi connectivity index (χ0n) is 22.0. The molecule has 12 heteroatoms. The number of sulfone groups is 1. The Morgan fingerprint density at radius 1 is 1.11 bits per heavy atom. The highest BCUT2D eigenvalue weighted by atomic mass is 32.2. The molecule has 0 saturated heterocycles. The van der Waals surface area contributed by atoms with E-state index in [1.54, 1.807) is 23.7 Å². The lowest BCUT2D eigenvalue weighted by molar-refractivity contribution is -0.121. The van der Waals surface area contributed by atoms with Crippen LogP contribution >= 0.6 is 11.3 Å². The molecule has 9 nitrogen and oxygen atoms in total. The second-order valence-corrected chi connectivity index (χ2v) is 15.2. The highest BCUT2D eigenvalue weighted by molar-refractivity contribution is 7.91. The van der Waals surface area contributed by atoms with Gasteiger partial charge >= 0.3 is 0 Å². The van der Waals surface area contributed by atoms with Gasteiger partial charge in [-0.25, -0.2) is 21.8 Å². The van der Waals surface area contributed by atoms with Gasteiger partial charge in [-0.3, -0.25) is 4.79 Å². The largest absolute Gasteiger partial charge is 0.374 e. The molecule has 2 atom stereocenters. The number of carbonyl (C=O) groups is 1. The number of benzene rings is 2. The van der Waals surface area contributed by atoms with Gasteiger partial charge in [-0.2, -0.15) is 4.31 Å². The Morgan fingerprint density at radius 2 is 1.79 bits per heavy atom. The first-order valence-electron chi connectivity index (χ1n) is 12.3. The first-order valence-corrected chi connectivity index (χ1v) is 16.6. The molecule has 1 amide bonds. The van der Waals surface area contributed by atoms with Crippen molar-refractivity contribution in [2.24, 2.45) is 5.92 Å². The molecular formula is C26H35N3O6S3. The van der Waals surface area contributed by atoms with Gasteiger partial charge in [0.05, 0.1) is 25.9 Å². The van der Waals surface area contributed by atoms with Crippen molar-refractivity contribution in [3.05, 3.63) is 59.6 Å². The van der Waals surface area contributed by atoms with Gasteiger partial charge in [0, 0.05) is 38.6 Å². The van der Waals surface area contributed by atoms with E-state index in [1.807, 2.05) is 32.0 Å². The highest BCUT2D eigenvalue weighted by Gasteiger charge is 2.43. The summed E-state index contributed by atoms with van der Waals surface area (Å²) in [7, 11) is -7.56. The lowest BCUT2D eigenvalue weighted by Crippen LogP contribution is -2.55. The fourth-order valence-electron chi connectivity index (χ4n) is 4.06. The molecule has 3 rings (SSSR count). The number of thiazole rings is 1. The lowest BCUT2D eigenvalue weighted by Gasteiger charge is -2.40. The molecule has 1 heterocycles. The van der Waals surface area contributed by atoms with Gasteiger partial charge in [0.25, 0.3) is 0 Å². The molecule has 3 aromatic rings. The first kappa shape index (κ1) is 30.2. The van der Waals surface area contributed by atoms with E-state index in [-0.39, 0.29) is 43.2 Å². The van der Waals surface area contributed by atoms with E-state index in [0.717, 1.165) is 20.8 Å². The van der Waals surface area contributed by atoms with Crippen LogP contribution < -0.4 is 5.32 Å². The number of nitrogens with zero attached hydrogens (tertiary/aromatic N) is 2. The van der Waals surface area contributed by atoms with Crippen molar-refractivity contribution < 1.29 is 26.7 Å². The number of sulfonamides is 1. The normalized spacial score (nSPS) is 15.0. The van der Waals surface area contributed by atoms with E-state index in [4.69, 9.17) is 0 Å². The minimum Gasteiger partial charge on any atom is -0.374 e. The van der Waals surface area contributed by atoms with Crippen LogP contribution in [0, 0.1) is 5.92 Å². The predicted octanol–water partition coefficient (Wildman–Crippen LogP) is 3.20. The maximum atomic E-state index is 14.0. The molecule has 2 N–H and O–H groups in total. The average Bonchev–Trinajstić information content (AvgIpc) is 3.30. The summed E-state index contributed by atoms with van der Waals surface area (Å²) in [5.41, 5.74) is 1.05. The molecule has 0 aliphatic heterocycles. The van der Waals surface area contributed by atoms with Gasteiger partial charge in [-0.1, -0.05) is 44.2 Å². The maximum absolute atomic E-state index is 14.0. The van der Waals surface area contributed by atoms with Crippen LogP contribution in [-0.2, 0) is 31.1 Å². The monoisotopic (exact) mass is 581 g/mol. The molecule has 2 unspecified atom stereocenters. The standard InChI is InChI=1S/C26H35N3O6S3/c1-19(2)17-29(38(34,35)22-10-11-24-23(15-22)28-18-36-24)26(31,16-21-8-6-5-7-9-21)12-13-27-25(30)14-20(3)37(4,32)33/h5-11,15,18-20,31H,12-14,16-17H2,1-4H3,(H,27,30). The van der Waals surface area contributed by atoms with Crippen molar-refractivity contribution in [2.75, 3.05) is 19.3 Å². The van der Waals surface area contributed by atoms with E-state index in [9.17, 15) is 26.7 Å². The van der Waals surface area contributed by atoms with Crippen molar-refractivity contribution in [1.82, 2.24) is 14.6 Å². The predicted molar refractivity (Wildman–Crippen MR) is 150 cm³/mol. The van der Waals surface area contributed by atoms with Crippen molar-refractivity contribution >= 4 is 47.3 Å². The molecule has 0 aliphatic carbocycles. The van der Waals surface area contributed by atoms with Crippen LogP contribution in [0.15, 0.2) is 58.9 Å². The molecule has 0 bridgehead atoms. The second-order valence-electron chi connectivity index (χ2n) is 10.0. The summed E-state index contributed by atoms with van der Waals surface area (Å²) in [4.78, 5) is 16.7. The third-order valence-corrected chi connectivity index (χ3v) is 10.6. The van der Waals surface area contributed by atoms with Crippen LogP contribution in [0.2, 0.25) is 0 Å². The Kier molecular flexibility index (Phi) is 9.69. The number of nitrogens with one attached hydrogen (secondary N) is 1. The Labute approximate surface area is 228 Å². The van der Waals surface area contributed by atoms with Crippen LogP contribution in [-0.4, -0.2) is 67.5 Å². The summed E-state index contributed by atoms with van der Waals surface area (Å²) >= 11 is 1.41. The van der Waals surface area contributed by atoms with Gasteiger partial charge in [0.1, 0.15) is 5.72 Å². The third-order valence-electron chi connectivity index (χ3n) is 6.27. The lowest BCUT2D eigenvalue weighted by atomic mass is 9.98. The number of rotatable bonds is 13. The number of hydrogen-bond donors (Lipinski definition) is 2. The topological polar surface area (TPSA) is 134 Å². The fourth-order valence-corrected chi connectivity index (χ4v) is 7.03. The number of fused-ring (bicyclic) bond motifs is 1. The summed E-state index contributed by atoms with van der Waals surface area (Å²) in [5, 5.41) is 13.9. The van der Waals surface area contributed by atoms with Crippen LogP contribution in [0.5, 0.6) is 0 Å². The third kappa shape index (κ3) is 7.60. The van der Waals surface area contributed by atoms with Gasteiger partial charge < -0.3 is 10.4 Å². The van der Waals surface area contributed by atoms with E-state index in [1.165, 1.54) is 30.4 Å².